The number of nitrogens with zero attached hydrogens (tertiary/aromatic N) is 4. The van der Waals surface area contributed by atoms with E-state index in [1.54, 1.807) is 10.9 Å². The highest BCUT2D eigenvalue weighted by Gasteiger charge is 2.14. The van der Waals surface area contributed by atoms with Crippen molar-refractivity contribution in [3.05, 3.63) is 34.8 Å². The highest BCUT2D eigenvalue weighted by atomic mass is 79.9. The van der Waals surface area contributed by atoms with Gasteiger partial charge in [-0.2, -0.15) is 10.2 Å². The molecule has 2 aromatic heterocycles. The molecule has 0 spiro atoms. The predicted octanol–water partition coefficient (Wildman–Crippen LogP) is 1.81. The van der Waals surface area contributed by atoms with Crippen molar-refractivity contribution in [2.75, 3.05) is 0 Å². The number of amides is 1. The van der Waals surface area contributed by atoms with E-state index < -0.39 is 0 Å². The summed E-state index contributed by atoms with van der Waals surface area (Å²) in [6.45, 7) is 5.76. The molecule has 0 aliphatic heterocycles. The Morgan fingerprint density at radius 2 is 2.30 bits per heavy atom. The summed E-state index contributed by atoms with van der Waals surface area (Å²) in [7, 11) is 0. The molecule has 2 rings (SSSR count). The lowest BCUT2D eigenvalue weighted by atomic mass is 10.1. The average Bonchev–Trinajstić information content (AvgIpc) is 3.04. The molecule has 0 saturated heterocycles. The van der Waals surface area contributed by atoms with Gasteiger partial charge in [0, 0.05) is 18.9 Å². The summed E-state index contributed by atoms with van der Waals surface area (Å²) in [6, 6.07) is 1.92. The fourth-order valence-corrected chi connectivity index (χ4v) is 2.16. The first-order valence-corrected chi connectivity index (χ1v) is 7.35. The van der Waals surface area contributed by atoms with Crippen LogP contribution in [-0.4, -0.2) is 25.5 Å². The monoisotopic (exact) mass is 339 g/mol. The Morgan fingerprint density at radius 1 is 1.50 bits per heavy atom. The summed E-state index contributed by atoms with van der Waals surface area (Å²) in [5.74, 6) is -0.141. The molecular formula is C13H18BrN5O. The molecule has 0 bridgehead atoms. The fourth-order valence-electron chi connectivity index (χ4n) is 1.83. The van der Waals surface area contributed by atoms with Crippen molar-refractivity contribution >= 4 is 21.8 Å². The van der Waals surface area contributed by atoms with Crippen molar-refractivity contribution in [2.24, 2.45) is 5.92 Å². The van der Waals surface area contributed by atoms with Crippen LogP contribution in [0.4, 0.5) is 0 Å². The van der Waals surface area contributed by atoms with Crippen molar-refractivity contribution in [1.29, 1.82) is 0 Å². The van der Waals surface area contributed by atoms with E-state index in [2.05, 4.69) is 31.4 Å². The third-order valence-electron chi connectivity index (χ3n) is 2.97. The van der Waals surface area contributed by atoms with Crippen LogP contribution in [-0.2, 0) is 24.4 Å². The molecule has 0 radical (unpaired) electrons. The van der Waals surface area contributed by atoms with Crippen LogP contribution in [0.2, 0.25) is 0 Å². The Hall–Kier alpha value is -1.63. The van der Waals surface area contributed by atoms with Gasteiger partial charge in [0.05, 0.1) is 35.4 Å². The molecule has 0 aliphatic rings. The Morgan fingerprint density at radius 3 is 2.90 bits per heavy atom. The molecule has 6 nitrogen and oxygen atoms in total. The molecule has 2 heterocycles. The second-order valence-corrected chi connectivity index (χ2v) is 5.58. The van der Waals surface area contributed by atoms with Crippen LogP contribution in [0.3, 0.4) is 0 Å². The average molecular weight is 340 g/mol. The number of aromatic nitrogens is 4. The predicted molar refractivity (Wildman–Crippen MR) is 78.8 cm³/mol. The number of rotatable bonds is 6. The van der Waals surface area contributed by atoms with E-state index in [-0.39, 0.29) is 11.8 Å². The molecule has 0 aliphatic carbocycles. The number of hydrogen-bond donors (Lipinski definition) is 1. The van der Waals surface area contributed by atoms with E-state index in [9.17, 15) is 4.79 Å². The van der Waals surface area contributed by atoms with E-state index in [0.29, 0.717) is 13.1 Å². The standard InChI is InChI=1S/C13H18BrN5O/c1-3-18-5-4-12(17-18)7-15-13(20)10(2)8-19-9-11(14)6-16-19/h4-6,9-10H,3,7-8H2,1-2H3,(H,15,20). The topological polar surface area (TPSA) is 64.7 Å². The van der Waals surface area contributed by atoms with Gasteiger partial charge in [-0.3, -0.25) is 14.2 Å². The van der Waals surface area contributed by atoms with E-state index in [1.165, 1.54) is 0 Å². The smallest absolute Gasteiger partial charge is 0.225 e. The maximum absolute atomic E-state index is 12.0. The van der Waals surface area contributed by atoms with Gasteiger partial charge in [-0.15, -0.1) is 0 Å². The summed E-state index contributed by atoms with van der Waals surface area (Å²) in [4.78, 5) is 12.0. The number of aryl methyl sites for hydroxylation is 1. The number of hydrogen-bond acceptors (Lipinski definition) is 3. The molecule has 20 heavy (non-hydrogen) atoms. The Kier molecular flexibility index (Phi) is 4.94. The summed E-state index contributed by atoms with van der Waals surface area (Å²) in [5, 5.41) is 11.4. The molecule has 7 heteroatoms. The quantitative estimate of drug-likeness (QED) is 0.872. The first-order valence-electron chi connectivity index (χ1n) is 6.56. The largest absolute Gasteiger partial charge is 0.350 e. The van der Waals surface area contributed by atoms with Gasteiger partial charge in [0.2, 0.25) is 5.91 Å². The van der Waals surface area contributed by atoms with Crippen LogP contribution in [0.5, 0.6) is 0 Å². The Balaban J connectivity index is 1.81. The number of carbonyl (C=O) groups is 1. The van der Waals surface area contributed by atoms with Crippen LogP contribution >= 0.6 is 15.9 Å². The van der Waals surface area contributed by atoms with Gasteiger partial charge < -0.3 is 5.32 Å². The SMILES string of the molecule is CCn1ccc(CNC(=O)C(C)Cn2cc(Br)cn2)n1. The molecule has 0 fully saturated rings. The first-order chi connectivity index (χ1) is 9.58. The Labute approximate surface area is 126 Å². The third kappa shape index (κ3) is 3.93. The highest BCUT2D eigenvalue weighted by molar-refractivity contribution is 9.10. The number of nitrogens with one attached hydrogen (secondary N) is 1. The van der Waals surface area contributed by atoms with Gasteiger partial charge in [-0.25, -0.2) is 0 Å². The molecule has 0 aromatic carbocycles. The molecule has 108 valence electrons. The third-order valence-corrected chi connectivity index (χ3v) is 3.38. The fraction of sp³-hybridized carbons (Fsp3) is 0.462. The summed E-state index contributed by atoms with van der Waals surface area (Å²) in [5.41, 5.74) is 0.870. The van der Waals surface area contributed by atoms with Crippen LogP contribution in [0.15, 0.2) is 29.1 Å². The van der Waals surface area contributed by atoms with Crippen LogP contribution in [0, 0.1) is 5.92 Å². The van der Waals surface area contributed by atoms with Gasteiger partial charge >= 0.3 is 0 Å². The van der Waals surface area contributed by atoms with Crippen molar-refractivity contribution in [1.82, 2.24) is 24.9 Å². The minimum absolute atomic E-state index is 0.00247. The lowest BCUT2D eigenvalue weighted by Crippen LogP contribution is -2.31. The zero-order valence-corrected chi connectivity index (χ0v) is 13.2. The second-order valence-electron chi connectivity index (χ2n) is 4.66. The van der Waals surface area contributed by atoms with Crippen molar-refractivity contribution in [3.8, 4) is 0 Å². The molecule has 2 aromatic rings. The van der Waals surface area contributed by atoms with Gasteiger partial charge in [0.15, 0.2) is 0 Å². The van der Waals surface area contributed by atoms with E-state index in [4.69, 9.17) is 0 Å². The summed E-state index contributed by atoms with van der Waals surface area (Å²) in [6.07, 6.45) is 5.47. The van der Waals surface area contributed by atoms with Crippen molar-refractivity contribution in [3.63, 3.8) is 0 Å². The first kappa shape index (κ1) is 14.8. The lowest BCUT2D eigenvalue weighted by molar-refractivity contribution is -0.125. The van der Waals surface area contributed by atoms with E-state index >= 15 is 0 Å². The van der Waals surface area contributed by atoms with Crippen LogP contribution in [0.1, 0.15) is 19.5 Å². The van der Waals surface area contributed by atoms with Gasteiger partial charge in [-0.05, 0) is 28.9 Å². The lowest BCUT2D eigenvalue weighted by Gasteiger charge is -2.11. The molecule has 0 saturated carbocycles. The molecule has 1 N–H and O–H groups in total. The molecule has 1 unspecified atom stereocenters. The van der Waals surface area contributed by atoms with Crippen molar-refractivity contribution in [2.45, 2.75) is 33.5 Å². The molecular weight excluding hydrogens is 322 g/mol. The Bertz CT molecular complexity index is 577. The normalized spacial score (nSPS) is 12.3. The van der Waals surface area contributed by atoms with E-state index in [0.717, 1.165) is 16.7 Å². The molecule has 1 atom stereocenters. The summed E-state index contributed by atoms with van der Waals surface area (Å²) >= 11 is 3.34. The second kappa shape index (κ2) is 6.69. The van der Waals surface area contributed by atoms with Gasteiger partial charge in [0.25, 0.3) is 0 Å². The number of carbonyl (C=O) groups excluding carboxylic acids is 1. The maximum atomic E-state index is 12.0. The van der Waals surface area contributed by atoms with Crippen LogP contribution in [0.25, 0.3) is 0 Å². The maximum Gasteiger partial charge on any atom is 0.225 e. The minimum Gasteiger partial charge on any atom is -0.350 e. The molecule has 1 amide bonds. The van der Waals surface area contributed by atoms with Crippen molar-refractivity contribution < 1.29 is 4.79 Å². The highest BCUT2D eigenvalue weighted by Crippen LogP contribution is 2.08. The zero-order valence-electron chi connectivity index (χ0n) is 11.6. The zero-order chi connectivity index (χ0) is 14.5. The summed E-state index contributed by atoms with van der Waals surface area (Å²) < 4.78 is 4.50. The van der Waals surface area contributed by atoms with Gasteiger partial charge in [-0.1, -0.05) is 6.92 Å². The minimum atomic E-state index is -0.143. The van der Waals surface area contributed by atoms with E-state index in [1.807, 2.05) is 37.0 Å². The number of halogens is 1. The van der Waals surface area contributed by atoms with Gasteiger partial charge in [0.1, 0.15) is 0 Å². The van der Waals surface area contributed by atoms with Crippen LogP contribution < -0.4 is 5.32 Å².